The average Bonchev–Trinajstić information content (AvgIpc) is 2.87. The molecule has 3 aromatic heterocycles. The molecule has 4 aromatic rings. The number of fused-ring (bicyclic) bond motifs is 2. The molecule has 1 aliphatic rings. The number of hydrogen-bond donors (Lipinski definition) is 0. The number of benzene rings is 1. The lowest BCUT2D eigenvalue weighted by atomic mass is 9.94. The van der Waals surface area contributed by atoms with Gasteiger partial charge in [-0.25, -0.2) is 14.8 Å². The maximum absolute atomic E-state index is 13.3. The van der Waals surface area contributed by atoms with E-state index in [0.717, 1.165) is 22.5 Å². The molecule has 0 unspecified atom stereocenters. The third-order valence-corrected chi connectivity index (χ3v) is 7.25. The summed E-state index contributed by atoms with van der Waals surface area (Å²) in [4.78, 5) is 39.2. The maximum Gasteiger partial charge on any atom is 0.410 e. The van der Waals surface area contributed by atoms with Crippen LogP contribution in [-0.2, 0) is 4.74 Å². The minimum absolute atomic E-state index is 0.0267. The van der Waals surface area contributed by atoms with Crippen molar-refractivity contribution in [1.29, 1.82) is 0 Å². The first kappa shape index (κ1) is 26.9. The molecule has 1 amide bonds. The molecule has 5 rings (SSSR count). The summed E-state index contributed by atoms with van der Waals surface area (Å²) < 4.78 is 11.8. The quantitative estimate of drug-likeness (QED) is 0.266. The minimum Gasteiger partial charge on any atom is -0.453 e. The molecular weight excluding hydrogens is 516 g/mol. The molecular formula is C30H33ClN4O4. The molecule has 0 spiro atoms. The van der Waals surface area contributed by atoms with Gasteiger partial charge in [0, 0.05) is 49.2 Å². The van der Waals surface area contributed by atoms with Crippen LogP contribution in [0.25, 0.3) is 33.2 Å². The van der Waals surface area contributed by atoms with Crippen molar-refractivity contribution in [2.24, 2.45) is 0 Å². The molecule has 1 atom stereocenters. The molecule has 1 saturated heterocycles. The normalized spacial score (nSPS) is 16.4. The van der Waals surface area contributed by atoms with Crippen LogP contribution < -0.4 is 10.3 Å². The highest BCUT2D eigenvalue weighted by molar-refractivity contribution is 6.35. The summed E-state index contributed by atoms with van der Waals surface area (Å²) in [5.41, 5.74) is 2.90. The molecule has 1 aliphatic heterocycles. The van der Waals surface area contributed by atoms with Crippen molar-refractivity contribution in [3.05, 3.63) is 63.5 Å². The van der Waals surface area contributed by atoms with Gasteiger partial charge in [-0.1, -0.05) is 31.5 Å². The molecule has 39 heavy (non-hydrogen) atoms. The molecule has 0 radical (unpaired) electrons. The average molecular weight is 549 g/mol. The predicted molar refractivity (Wildman–Crippen MR) is 155 cm³/mol. The number of halogens is 1. The Balaban J connectivity index is 1.49. The molecule has 204 valence electrons. The number of carbonyl (C=O) groups is 1. The zero-order chi connectivity index (χ0) is 28.1. The number of rotatable bonds is 3. The van der Waals surface area contributed by atoms with Crippen LogP contribution in [0, 0.1) is 0 Å². The van der Waals surface area contributed by atoms with E-state index >= 15 is 0 Å². The smallest absolute Gasteiger partial charge is 0.410 e. The van der Waals surface area contributed by atoms with E-state index < -0.39 is 5.60 Å². The van der Waals surface area contributed by atoms with Gasteiger partial charge in [-0.3, -0.25) is 4.79 Å². The minimum atomic E-state index is -0.533. The topological polar surface area (TPSA) is 88.8 Å². The fraction of sp³-hybridized carbons (Fsp3) is 0.400. The molecule has 0 aliphatic carbocycles. The van der Waals surface area contributed by atoms with Crippen LogP contribution in [0.1, 0.15) is 53.0 Å². The third kappa shape index (κ3) is 5.17. The maximum atomic E-state index is 13.3. The summed E-state index contributed by atoms with van der Waals surface area (Å²) >= 11 is 6.33. The molecule has 4 heterocycles. The number of hydrogen-bond acceptors (Lipinski definition) is 7. The Morgan fingerprint density at radius 1 is 1.13 bits per heavy atom. The standard InChI is InChI=1S/C30H33ClN4O4/c1-17(2)20-15-33-26-27(36)25-21(31)8-7-9-22(25)38-28(26)24(20)19-10-11-23(32-14-19)34-12-13-35(18(3)16-34)29(37)39-30(4,5)6/h7-11,14-15,17-18H,12-13,16H2,1-6H3/t18-/m0/s1. The van der Waals surface area contributed by atoms with E-state index in [4.69, 9.17) is 25.7 Å². The molecule has 0 saturated carbocycles. The highest BCUT2D eigenvalue weighted by Crippen LogP contribution is 2.36. The lowest BCUT2D eigenvalue weighted by Crippen LogP contribution is -2.55. The molecule has 0 bridgehead atoms. The fourth-order valence-electron chi connectivity index (χ4n) is 5.02. The molecule has 9 heteroatoms. The van der Waals surface area contributed by atoms with Crippen LogP contribution in [0.3, 0.4) is 0 Å². The summed E-state index contributed by atoms with van der Waals surface area (Å²) in [5.74, 6) is 0.955. The summed E-state index contributed by atoms with van der Waals surface area (Å²) in [6.45, 7) is 13.6. The van der Waals surface area contributed by atoms with Crippen molar-refractivity contribution < 1.29 is 13.9 Å². The van der Waals surface area contributed by atoms with Crippen LogP contribution in [0.15, 0.2) is 51.9 Å². The number of ether oxygens (including phenoxy) is 1. The van der Waals surface area contributed by atoms with Crippen LogP contribution in [0.2, 0.25) is 5.02 Å². The van der Waals surface area contributed by atoms with Gasteiger partial charge in [0.15, 0.2) is 11.1 Å². The number of carbonyl (C=O) groups excluding carboxylic acids is 1. The Morgan fingerprint density at radius 3 is 2.54 bits per heavy atom. The van der Waals surface area contributed by atoms with Crippen molar-refractivity contribution in [2.45, 2.75) is 59.1 Å². The Bertz CT molecular complexity index is 1610. The number of nitrogens with zero attached hydrogens (tertiary/aromatic N) is 4. The van der Waals surface area contributed by atoms with E-state index in [1.165, 1.54) is 0 Å². The fourth-order valence-corrected chi connectivity index (χ4v) is 5.27. The molecule has 1 aromatic carbocycles. The van der Waals surface area contributed by atoms with Gasteiger partial charge in [0.1, 0.15) is 17.0 Å². The molecule has 8 nitrogen and oxygen atoms in total. The number of anilines is 1. The number of amides is 1. The zero-order valence-corrected chi connectivity index (χ0v) is 23.9. The van der Waals surface area contributed by atoms with Crippen molar-refractivity contribution in [2.75, 3.05) is 24.5 Å². The second-order valence-corrected chi connectivity index (χ2v) is 11.7. The Hall–Kier alpha value is -3.65. The van der Waals surface area contributed by atoms with E-state index in [2.05, 4.69) is 23.7 Å². The van der Waals surface area contributed by atoms with Gasteiger partial charge in [-0.2, -0.15) is 0 Å². The highest BCUT2D eigenvalue weighted by atomic mass is 35.5. The van der Waals surface area contributed by atoms with Gasteiger partial charge in [-0.05, 0) is 63.4 Å². The monoisotopic (exact) mass is 548 g/mol. The SMILES string of the molecule is CC(C)c1cnc2c(=O)c3c(Cl)cccc3oc2c1-c1ccc(N2CCN(C(=O)OC(C)(C)C)[C@@H](C)C2)nc1. The first-order chi connectivity index (χ1) is 18.4. The summed E-state index contributed by atoms with van der Waals surface area (Å²) in [6, 6.07) is 9.12. The lowest BCUT2D eigenvalue weighted by Gasteiger charge is -2.40. The molecule has 1 fully saturated rings. The third-order valence-electron chi connectivity index (χ3n) is 6.93. The first-order valence-electron chi connectivity index (χ1n) is 13.2. The summed E-state index contributed by atoms with van der Waals surface area (Å²) in [7, 11) is 0. The van der Waals surface area contributed by atoms with Gasteiger partial charge in [-0.15, -0.1) is 0 Å². The number of aromatic nitrogens is 2. The Kier molecular flexibility index (Phi) is 7.01. The molecule has 0 N–H and O–H groups in total. The van der Waals surface area contributed by atoms with Gasteiger partial charge < -0.3 is 19.0 Å². The van der Waals surface area contributed by atoms with E-state index in [0.29, 0.717) is 41.2 Å². The number of piperazine rings is 1. The summed E-state index contributed by atoms with van der Waals surface area (Å²) in [6.07, 6.45) is 3.26. The number of pyridine rings is 2. The highest BCUT2D eigenvalue weighted by Gasteiger charge is 2.31. The summed E-state index contributed by atoms with van der Waals surface area (Å²) in [5, 5.41) is 0.669. The van der Waals surface area contributed by atoms with Gasteiger partial charge in [0.25, 0.3) is 0 Å². The Morgan fingerprint density at radius 2 is 1.90 bits per heavy atom. The van der Waals surface area contributed by atoms with Crippen LogP contribution >= 0.6 is 11.6 Å². The van der Waals surface area contributed by atoms with Gasteiger partial charge in [0.2, 0.25) is 5.43 Å². The first-order valence-corrected chi connectivity index (χ1v) is 13.6. The second-order valence-electron chi connectivity index (χ2n) is 11.3. The zero-order valence-electron chi connectivity index (χ0n) is 23.1. The van der Waals surface area contributed by atoms with Gasteiger partial charge >= 0.3 is 6.09 Å². The lowest BCUT2D eigenvalue weighted by molar-refractivity contribution is 0.0158. The van der Waals surface area contributed by atoms with E-state index in [-0.39, 0.29) is 29.0 Å². The van der Waals surface area contributed by atoms with Crippen LogP contribution in [-0.4, -0.2) is 52.2 Å². The van der Waals surface area contributed by atoms with Crippen LogP contribution in [0.4, 0.5) is 10.6 Å². The van der Waals surface area contributed by atoms with Crippen molar-refractivity contribution in [1.82, 2.24) is 14.9 Å². The van der Waals surface area contributed by atoms with Crippen LogP contribution in [0.5, 0.6) is 0 Å². The van der Waals surface area contributed by atoms with E-state index in [1.54, 1.807) is 29.3 Å². The van der Waals surface area contributed by atoms with Crippen molar-refractivity contribution >= 4 is 45.6 Å². The second kappa shape index (κ2) is 10.2. The Labute approximate surface area is 232 Å². The van der Waals surface area contributed by atoms with E-state index in [9.17, 15) is 9.59 Å². The predicted octanol–water partition coefficient (Wildman–Crippen LogP) is 6.63. The van der Waals surface area contributed by atoms with Crippen molar-refractivity contribution in [3.8, 4) is 11.1 Å². The van der Waals surface area contributed by atoms with Crippen molar-refractivity contribution in [3.63, 3.8) is 0 Å². The van der Waals surface area contributed by atoms with E-state index in [1.807, 2.05) is 46.0 Å². The van der Waals surface area contributed by atoms with Gasteiger partial charge in [0.05, 0.1) is 10.4 Å². The largest absolute Gasteiger partial charge is 0.453 e.